The van der Waals surface area contributed by atoms with Crippen LogP contribution in [-0.4, -0.2) is 22.3 Å². The number of allylic oxidation sites excluding steroid dienone is 5. The van der Waals surface area contributed by atoms with E-state index in [2.05, 4.69) is 46.8 Å². The second-order valence-corrected chi connectivity index (χ2v) is 9.06. The van der Waals surface area contributed by atoms with Gasteiger partial charge in [0.1, 0.15) is 0 Å². The molecule has 0 aliphatic heterocycles. The molecule has 0 amide bonds. The van der Waals surface area contributed by atoms with Crippen molar-refractivity contribution in [2.75, 3.05) is 0 Å². The van der Waals surface area contributed by atoms with Crippen LogP contribution in [0.2, 0.25) is 0 Å². The number of hydrogen-bond donors (Lipinski definition) is 2. The first-order chi connectivity index (χ1) is 12.8. The summed E-state index contributed by atoms with van der Waals surface area (Å²) in [4.78, 5) is 10.8. The summed E-state index contributed by atoms with van der Waals surface area (Å²) in [6, 6.07) is 0. The highest BCUT2D eigenvalue weighted by Crippen LogP contribution is 2.53. The highest BCUT2D eigenvalue weighted by molar-refractivity contribution is 5.80. The van der Waals surface area contributed by atoms with Crippen molar-refractivity contribution in [1.82, 2.24) is 0 Å². The molecule has 8 atom stereocenters. The van der Waals surface area contributed by atoms with Crippen LogP contribution in [0.4, 0.5) is 0 Å². The van der Waals surface area contributed by atoms with Crippen molar-refractivity contribution in [2.45, 2.75) is 66.4 Å². The lowest BCUT2D eigenvalue weighted by atomic mass is 9.53. The van der Waals surface area contributed by atoms with Crippen molar-refractivity contribution < 1.29 is 15.0 Å². The number of aliphatic hydroxyl groups is 1. The molecule has 2 fully saturated rings. The van der Waals surface area contributed by atoms with Crippen molar-refractivity contribution in [2.24, 2.45) is 41.4 Å². The highest BCUT2D eigenvalue weighted by atomic mass is 16.4. The normalized spacial score (nSPS) is 38.9. The summed E-state index contributed by atoms with van der Waals surface area (Å²) in [7, 11) is 0. The van der Waals surface area contributed by atoms with Crippen molar-refractivity contribution >= 4 is 5.97 Å². The molecule has 2 N–H and O–H groups in total. The number of carboxylic acid groups (broad SMARTS) is 1. The first-order valence-corrected chi connectivity index (χ1v) is 10.7. The van der Waals surface area contributed by atoms with Crippen LogP contribution in [0.1, 0.15) is 60.3 Å². The predicted molar refractivity (Wildman–Crippen MR) is 111 cm³/mol. The summed E-state index contributed by atoms with van der Waals surface area (Å²) in [6.07, 6.45) is 13.4. The topological polar surface area (TPSA) is 57.5 Å². The molecule has 0 aromatic carbocycles. The monoisotopic (exact) mass is 374 g/mol. The van der Waals surface area contributed by atoms with Crippen LogP contribution >= 0.6 is 0 Å². The minimum Gasteiger partial charge on any atom is -0.478 e. The molecule has 0 saturated heterocycles. The minimum absolute atomic E-state index is 0.195. The van der Waals surface area contributed by atoms with E-state index in [9.17, 15) is 9.90 Å². The lowest BCUT2D eigenvalue weighted by Gasteiger charge is -2.52. The Morgan fingerprint density at radius 1 is 1.19 bits per heavy atom. The van der Waals surface area contributed by atoms with E-state index in [1.807, 2.05) is 6.08 Å². The number of fused-ring (bicyclic) bond motifs is 1. The summed E-state index contributed by atoms with van der Waals surface area (Å²) < 4.78 is 0. The Balaban J connectivity index is 2.39. The van der Waals surface area contributed by atoms with Gasteiger partial charge in [0, 0.05) is 6.08 Å². The molecule has 2 rings (SSSR count). The fourth-order valence-corrected chi connectivity index (χ4v) is 5.70. The van der Waals surface area contributed by atoms with E-state index >= 15 is 0 Å². The van der Waals surface area contributed by atoms with Gasteiger partial charge >= 0.3 is 5.97 Å². The first-order valence-electron chi connectivity index (χ1n) is 10.7. The van der Waals surface area contributed by atoms with Gasteiger partial charge in [0.15, 0.2) is 0 Å². The van der Waals surface area contributed by atoms with Crippen LogP contribution in [0.5, 0.6) is 0 Å². The second-order valence-electron chi connectivity index (χ2n) is 9.06. The van der Waals surface area contributed by atoms with Crippen molar-refractivity contribution in [3.8, 4) is 0 Å². The van der Waals surface area contributed by atoms with E-state index < -0.39 is 5.97 Å². The summed E-state index contributed by atoms with van der Waals surface area (Å²) in [5, 5.41) is 19.5. The average molecular weight is 375 g/mol. The van der Waals surface area contributed by atoms with E-state index in [0.717, 1.165) is 25.7 Å². The molecule has 0 aromatic heterocycles. The van der Waals surface area contributed by atoms with E-state index in [0.29, 0.717) is 41.4 Å². The van der Waals surface area contributed by atoms with Gasteiger partial charge in [-0.15, -0.1) is 0 Å². The standard InChI is InChI=1S/C24H38O3/c1-6-15(2)13-17(4)23-18(5)14-20-21(25)12-11-16(3)24(20)19(23)9-7-8-10-22(26)27/h7-10,13,15-16,18-21,23-25H,6,11-12,14H2,1-5H3,(H,26,27)/t15?,16-,18+,19+,20-,21-,23+,24-/m0/s1. The molecule has 2 aliphatic rings. The number of rotatable bonds is 6. The van der Waals surface area contributed by atoms with Gasteiger partial charge in [0.2, 0.25) is 0 Å². The Hall–Kier alpha value is -1.35. The third-order valence-electron chi connectivity index (χ3n) is 7.08. The van der Waals surface area contributed by atoms with Crippen LogP contribution in [-0.2, 0) is 4.79 Å². The van der Waals surface area contributed by atoms with Crippen LogP contribution in [0.25, 0.3) is 0 Å². The summed E-state index contributed by atoms with van der Waals surface area (Å²) >= 11 is 0. The van der Waals surface area contributed by atoms with E-state index in [1.165, 1.54) is 11.6 Å². The number of aliphatic hydroxyl groups excluding tert-OH is 1. The van der Waals surface area contributed by atoms with Gasteiger partial charge in [0.25, 0.3) is 0 Å². The lowest BCUT2D eigenvalue weighted by Crippen LogP contribution is -2.48. The van der Waals surface area contributed by atoms with Gasteiger partial charge in [0.05, 0.1) is 6.10 Å². The quantitative estimate of drug-likeness (QED) is 0.368. The molecule has 27 heavy (non-hydrogen) atoms. The molecule has 1 unspecified atom stereocenters. The van der Waals surface area contributed by atoms with Gasteiger partial charge in [-0.3, -0.25) is 0 Å². The number of hydrogen-bond acceptors (Lipinski definition) is 2. The third-order valence-corrected chi connectivity index (χ3v) is 7.08. The Morgan fingerprint density at radius 2 is 1.89 bits per heavy atom. The van der Waals surface area contributed by atoms with Crippen molar-refractivity contribution in [3.05, 3.63) is 36.0 Å². The van der Waals surface area contributed by atoms with E-state index in [4.69, 9.17) is 5.11 Å². The molecule has 2 saturated carbocycles. The molecule has 0 heterocycles. The minimum atomic E-state index is -0.916. The van der Waals surface area contributed by atoms with Gasteiger partial charge in [-0.1, -0.05) is 64.0 Å². The van der Waals surface area contributed by atoms with Crippen LogP contribution < -0.4 is 0 Å². The number of carboxylic acids is 1. The zero-order chi connectivity index (χ0) is 20.1. The van der Waals surface area contributed by atoms with Gasteiger partial charge < -0.3 is 10.2 Å². The van der Waals surface area contributed by atoms with Crippen LogP contribution in [0, 0.1) is 41.4 Å². The SMILES string of the molecule is CCC(C)C=C(C)[C@H]1[C@@H](C=CC=CC(=O)O)[C@H]2[C@@H](C[C@H]1C)[C@@H](O)CC[C@@H]2C. The average Bonchev–Trinajstić information content (AvgIpc) is 2.60. The molecular formula is C24H38O3. The second kappa shape index (κ2) is 9.73. The molecule has 0 radical (unpaired) electrons. The Morgan fingerprint density at radius 3 is 2.52 bits per heavy atom. The molecule has 152 valence electrons. The molecule has 0 bridgehead atoms. The third kappa shape index (κ3) is 5.34. The Kier molecular flexibility index (Phi) is 7.91. The maximum atomic E-state index is 10.8. The molecule has 0 spiro atoms. The van der Waals surface area contributed by atoms with Crippen molar-refractivity contribution in [3.63, 3.8) is 0 Å². The smallest absolute Gasteiger partial charge is 0.328 e. The Bertz CT molecular complexity index is 588. The number of carbonyl (C=O) groups is 1. The summed E-state index contributed by atoms with van der Waals surface area (Å²) in [5.74, 6) is 2.39. The maximum absolute atomic E-state index is 10.8. The first kappa shape index (κ1) is 21.9. The summed E-state index contributed by atoms with van der Waals surface area (Å²) in [6.45, 7) is 11.4. The summed E-state index contributed by atoms with van der Waals surface area (Å²) in [5.41, 5.74) is 1.46. The largest absolute Gasteiger partial charge is 0.478 e. The van der Waals surface area contributed by atoms with Crippen LogP contribution in [0.3, 0.4) is 0 Å². The van der Waals surface area contributed by atoms with Gasteiger partial charge in [-0.2, -0.15) is 0 Å². The molecule has 3 nitrogen and oxygen atoms in total. The lowest BCUT2D eigenvalue weighted by molar-refractivity contribution is -0.131. The van der Waals surface area contributed by atoms with E-state index in [1.54, 1.807) is 6.08 Å². The fraction of sp³-hybridized carbons (Fsp3) is 0.708. The van der Waals surface area contributed by atoms with Gasteiger partial charge in [-0.05, 0) is 67.6 Å². The van der Waals surface area contributed by atoms with Crippen molar-refractivity contribution in [1.29, 1.82) is 0 Å². The number of aliphatic carboxylic acids is 1. The van der Waals surface area contributed by atoms with Gasteiger partial charge in [-0.25, -0.2) is 4.79 Å². The maximum Gasteiger partial charge on any atom is 0.328 e. The van der Waals surface area contributed by atoms with Crippen LogP contribution in [0.15, 0.2) is 36.0 Å². The molecule has 0 aromatic rings. The molecular weight excluding hydrogens is 336 g/mol. The zero-order valence-electron chi connectivity index (χ0n) is 17.6. The zero-order valence-corrected chi connectivity index (χ0v) is 17.6. The molecule has 3 heteroatoms. The highest BCUT2D eigenvalue weighted by Gasteiger charge is 2.48. The van der Waals surface area contributed by atoms with E-state index in [-0.39, 0.29) is 6.10 Å². The Labute approximate surface area is 165 Å². The predicted octanol–water partition coefficient (Wildman–Crippen LogP) is 5.47. The fourth-order valence-electron chi connectivity index (χ4n) is 5.70. The molecule has 2 aliphatic carbocycles.